The molecular formula is C15H15N3. The van der Waals surface area contributed by atoms with E-state index in [2.05, 4.69) is 23.3 Å². The number of nitriles is 1. The van der Waals surface area contributed by atoms with Crippen molar-refractivity contribution in [3.8, 4) is 6.07 Å². The molecule has 1 unspecified atom stereocenters. The Morgan fingerprint density at radius 3 is 2.78 bits per heavy atom. The predicted molar refractivity (Wildman–Crippen MR) is 72.2 cm³/mol. The molecule has 90 valence electrons. The van der Waals surface area contributed by atoms with Crippen molar-refractivity contribution in [3.63, 3.8) is 0 Å². The van der Waals surface area contributed by atoms with Gasteiger partial charge >= 0.3 is 0 Å². The molecule has 1 N–H and O–H groups in total. The lowest BCUT2D eigenvalue weighted by atomic mass is 10.1. The van der Waals surface area contributed by atoms with E-state index < -0.39 is 0 Å². The number of pyridine rings is 1. The summed E-state index contributed by atoms with van der Waals surface area (Å²) >= 11 is 0. The van der Waals surface area contributed by atoms with Crippen LogP contribution in [0.4, 0.5) is 5.69 Å². The van der Waals surface area contributed by atoms with Gasteiger partial charge in [0.25, 0.3) is 0 Å². The third-order valence-electron chi connectivity index (χ3n) is 2.91. The number of hydrogen-bond donors (Lipinski definition) is 1. The smallest absolute Gasteiger partial charge is 0.0994 e. The summed E-state index contributed by atoms with van der Waals surface area (Å²) in [5.74, 6) is 0. The molecule has 3 heteroatoms. The standard InChI is InChI=1S/C15H15N3/c1-11-8-15(6-5-13(11)9-16)18-12(2)14-4-3-7-17-10-14/h3-8,10,12,18H,1-2H3. The van der Waals surface area contributed by atoms with E-state index in [0.29, 0.717) is 0 Å². The largest absolute Gasteiger partial charge is 0.378 e. The molecule has 3 nitrogen and oxygen atoms in total. The predicted octanol–water partition coefficient (Wildman–Crippen LogP) is 3.43. The minimum Gasteiger partial charge on any atom is -0.378 e. The minimum absolute atomic E-state index is 0.186. The highest BCUT2D eigenvalue weighted by atomic mass is 14.9. The first kappa shape index (κ1) is 12.1. The summed E-state index contributed by atoms with van der Waals surface area (Å²) in [5, 5.41) is 12.3. The van der Waals surface area contributed by atoms with Crippen molar-refractivity contribution in [2.24, 2.45) is 0 Å². The van der Waals surface area contributed by atoms with Crippen LogP contribution >= 0.6 is 0 Å². The number of rotatable bonds is 3. The SMILES string of the molecule is Cc1cc(NC(C)c2cccnc2)ccc1C#N. The summed E-state index contributed by atoms with van der Waals surface area (Å²) in [6.45, 7) is 4.03. The van der Waals surface area contributed by atoms with Gasteiger partial charge in [0.15, 0.2) is 0 Å². The zero-order chi connectivity index (χ0) is 13.0. The molecule has 0 spiro atoms. The molecule has 0 amide bonds. The van der Waals surface area contributed by atoms with Crippen molar-refractivity contribution in [1.29, 1.82) is 5.26 Å². The summed E-state index contributed by atoms with van der Waals surface area (Å²) in [4.78, 5) is 4.11. The van der Waals surface area contributed by atoms with Crippen molar-refractivity contribution >= 4 is 5.69 Å². The summed E-state index contributed by atoms with van der Waals surface area (Å²) < 4.78 is 0. The van der Waals surface area contributed by atoms with E-state index in [9.17, 15) is 0 Å². The van der Waals surface area contributed by atoms with Gasteiger partial charge in [-0.2, -0.15) is 5.26 Å². The summed E-state index contributed by atoms with van der Waals surface area (Å²) in [6.07, 6.45) is 3.62. The second-order valence-corrected chi connectivity index (χ2v) is 4.29. The fourth-order valence-electron chi connectivity index (χ4n) is 1.84. The molecule has 2 rings (SSSR count). The highest BCUT2D eigenvalue weighted by Gasteiger charge is 2.06. The first-order valence-electron chi connectivity index (χ1n) is 5.88. The monoisotopic (exact) mass is 237 g/mol. The van der Waals surface area contributed by atoms with Gasteiger partial charge < -0.3 is 5.32 Å². The van der Waals surface area contributed by atoms with E-state index >= 15 is 0 Å². The molecule has 2 aromatic rings. The van der Waals surface area contributed by atoms with Crippen LogP contribution in [0, 0.1) is 18.3 Å². The fraction of sp³-hybridized carbons (Fsp3) is 0.200. The first-order chi connectivity index (χ1) is 8.70. The van der Waals surface area contributed by atoms with Gasteiger partial charge in [0.1, 0.15) is 0 Å². The van der Waals surface area contributed by atoms with E-state index in [1.807, 2.05) is 43.5 Å². The van der Waals surface area contributed by atoms with E-state index in [4.69, 9.17) is 5.26 Å². The van der Waals surface area contributed by atoms with Gasteiger partial charge in [-0.05, 0) is 49.2 Å². The van der Waals surface area contributed by atoms with Gasteiger partial charge in [-0.25, -0.2) is 0 Å². The Bertz CT molecular complexity index is 570. The van der Waals surface area contributed by atoms with Gasteiger partial charge in [-0.3, -0.25) is 4.98 Å². The van der Waals surface area contributed by atoms with Crippen molar-refractivity contribution in [1.82, 2.24) is 4.98 Å². The zero-order valence-electron chi connectivity index (χ0n) is 10.5. The average molecular weight is 237 g/mol. The second kappa shape index (κ2) is 5.33. The van der Waals surface area contributed by atoms with Crippen molar-refractivity contribution in [3.05, 3.63) is 59.4 Å². The molecule has 1 heterocycles. The van der Waals surface area contributed by atoms with Gasteiger partial charge in [-0.15, -0.1) is 0 Å². The Labute approximate surface area is 107 Å². The molecule has 0 fully saturated rings. The van der Waals surface area contributed by atoms with Crippen LogP contribution in [0.15, 0.2) is 42.7 Å². The average Bonchev–Trinajstić information content (AvgIpc) is 2.40. The summed E-state index contributed by atoms with van der Waals surface area (Å²) in [7, 11) is 0. The van der Waals surface area contributed by atoms with E-state index in [-0.39, 0.29) is 6.04 Å². The Balaban J connectivity index is 2.15. The Kier molecular flexibility index (Phi) is 3.59. The van der Waals surface area contributed by atoms with Crippen LogP contribution in [0.3, 0.4) is 0 Å². The number of benzene rings is 1. The molecule has 1 aromatic heterocycles. The fourth-order valence-corrected chi connectivity index (χ4v) is 1.84. The number of nitrogens with zero attached hydrogens (tertiary/aromatic N) is 2. The Morgan fingerprint density at radius 2 is 2.17 bits per heavy atom. The normalized spacial score (nSPS) is 11.6. The molecule has 0 saturated heterocycles. The lowest BCUT2D eigenvalue weighted by Crippen LogP contribution is -2.07. The van der Waals surface area contributed by atoms with Crippen molar-refractivity contribution < 1.29 is 0 Å². The van der Waals surface area contributed by atoms with Crippen LogP contribution in [-0.4, -0.2) is 4.98 Å². The van der Waals surface area contributed by atoms with Crippen LogP contribution in [0.2, 0.25) is 0 Å². The van der Waals surface area contributed by atoms with Crippen LogP contribution in [0.1, 0.15) is 29.7 Å². The van der Waals surface area contributed by atoms with Crippen LogP contribution in [-0.2, 0) is 0 Å². The number of aryl methyl sites for hydroxylation is 1. The first-order valence-corrected chi connectivity index (χ1v) is 5.88. The van der Waals surface area contributed by atoms with Crippen molar-refractivity contribution in [2.75, 3.05) is 5.32 Å². The third kappa shape index (κ3) is 2.67. The zero-order valence-corrected chi connectivity index (χ0v) is 10.5. The Hall–Kier alpha value is -2.34. The van der Waals surface area contributed by atoms with E-state index in [1.54, 1.807) is 6.20 Å². The second-order valence-electron chi connectivity index (χ2n) is 4.29. The molecule has 0 saturated carbocycles. The number of aromatic nitrogens is 1. The number of anilines is 1. The van der Waals surface area contributed by atoms with Crippen molar-refractivity contribution in [2.45, 2.75) is 19.9 Å². The van der Waals surface area contributed by atoms with Gasteiger partial charge in [0.05, 0.1) is 17.7 Å². The van der Waals surface area contributed by atoms with Gasteiger partial charge in [-0.1, -0.05) is 6.07 Å². The van der Waals surface area contributed by atoms with Gasteiger partial charge in [0, 0.05) is 18.1 Å². The number of nitrogens with one attached hydrogen (secondary N) is 1. The van der Waals surface area contributed by atoms with Crippen LogP contribution in [0.25, 0.3) is 0 Å². The van der Waals surface area contributed by atoms with E-state index in [1.165, 1.54) is 0 Å². The lowest BCUT2D eigenvalue weighted by molar-refractivity contribution is 0.875. The molecule has 0 aliphatic rings. The highest BCUT2D eigenvalue weighted by Crippen LogP contribution is 2.20. The summed E-state index contributed by atoms with van der Waals surface area (Å²) in [6, 6.07) is 12.1. The molecule has 0 bridgehead atoms. The maximum atomic E-state index is 8.89. The maximum Gasteiger partial charge on any atom is 0.0994 e. The third-order valence-corrected chi connectivity index (χ3v) is 2.91. The minimum atomic E-state index is 0.186. The highest BCUT2D eigenvalue weighted by molar-refractivity contribution is 5.52. The van der Waals surface area contributed by atoms with Crippen LogP contribution in [0.5, 0.6) is 0 Å². The Morgan fingerprint density at radius 1 is 1.33 bits per heavy atom. The topological polar surface area (TPSA) is 48.7 Å². The summed E-state index contributed by atoms with van der Waals surface area (Å²) in [5.41, 5.74) is 3.86. The molecule has 0 aliphatic heterocycles. The molecule has 0 aliphatic carbocycles. The molecule has 0 radical (unpaired) electrons. The lowest BCUT2D eigenvalue weighted by Gasteiger charge is -2.15. The molecule has 1 atom stereocenters. The maximum absolute atomic E-state index is 8.89. The molecule has 18 heavy (non-hydrogen) atoms. The molecular weight excluding hydrogens is 222 g/mol. The van der Waals surface area contributed by atoms with Gasteiger partial charge in [0.2, 0.25) is 0 Å². The number of hydrogen-bond acceptors (Lipinski definition) is 3. The molecule has 1 aromatic carbocycles. The van der Waals surface area contributed by atoms with Crippen LogP contribution < -0.4 is 5.32 Å². The quantitative estimate of drug-likeness (QED) is 0.889. The van der Waals surface area contributed by atoms with E-state index in [0.717, 1.165) is 22.4 Å².